The summed E-state index contributed by atoms with van der Waals surface area (Å²) in [5.41, 5.74) is 1.01. The summed E-state index contributed by atoms with van der Waals surface area (Å²) in [6.45, 7) is 6.25. The molecule has 6 heteroatoms. The quantitative estimate of drug-likeness (QED) is 0.919. The fourth-order valence-electron chi connectivity index (χ4n) is 2.43. The first-order chi connectivity index (χ1) is 10.2. The van der Waals surface area contributed by atoms with Crippen molar-refractivity contribution in [3.8, 4) is 5.75 Å². The zero-order valence-corrected chi connectivity index (χ0v) is 13.3. The van der Waals surface area contributed by atoms with Crippen LogP contribution in [0.1, 0.15) is 6.92 Å². The van der Waals surface area contributed by atoms with Crippen LogP contribution in [0.25, 0.3) is 10.2 Å². The molecule has 1 aromatic heterocycles. The standard InChI is InChI=1S/C15H21N3O2S/c1-3-19-11-4-5-13-14(8-11)21-15(17-13)16-9-12-10-18(2)6-7-20-12/h4-5,8,12H,3,6-7,9-10H2,1-2H3,(H,16,17). The summed E-state index contributed by atoms with van der Waals surface area (Å²) in [7, 11) is 2.13. The van der Waals surface area contributed by atoms with Gasteiger partial charge in [-0.3, -0.25) is 0 Å². The Labute approximate surface area is 128 Å². The van der Waals surface area contributed by atoms with Crippen molar-refractivity contribution in [1.82, 2.24) is 9.88 Å². The van der Waals surface area contributed by atoms with Gasteiger partial charge in [-0.05, 0) is 32.2 Å². The second-order valence-electron chi connectivity index (χ2n) is 5.22. The van der Waals surface area contributed by atoms with Crippen molar-refractivity contribution in [1.29, 1.82) is 0 Å². The van der Waals surface area contributed by atoms with E-state index in [0.717, 1.165) is 47.3 Å². The number of ether oxygens (including phenoxy) is 2. The number of hydrogen-bond donors (Lipinski definition) is 1. The van der Waals surface area contributed by atoms with Crippen LogP contribution in [0.2, 0.25) is 0 Å². The number of hydrogen-bond acceptors (Lipinski definition) is 6. The van der Waals surface area contributed by atoms with Crippen molar-refractivity contribution < 1.29 is 9.47 Å². The minimum absolute atomic E-state index is 0.231. The summed E-state index contributed by atoms with van der Waals surface area (Å²) in [4.78, 5) is 6.89. The van der Waals surface area contributed by atoms with Crippen LogP contribution in [0, 0.1) is 0 Å². The van der Waals surface area contributed by atoms with Crippen LogP contribution in [0.5, 0.6) is 5.75 Å². The number of benzene rings is 1. The molecular weight excluding hydrogens is 286 g/mol. The molecule has 0 radical (unpaired) electrons. The van der Waals surface area contributed by atoms with Crippen molar-refractivity contribution >= 4 is 26.7 Å². The van der Waals surface area contributed by atoms with E-state index in [2.05, 4.69) is 22.2 Å². The number of thiazole rings is 1. The summed E-state index contributed by atoms with van der Waals surface area (Å²) in [5, 5.41) is 4.33. The summed E-state index contributed by atoms with van der Waals surface area (Å²) in [6.07, 6.45) is 0.231. The van der Waals surface area contributed by atoms with E-state index in [9.17, 15) is 0 Å². The van der Waals surface area contributed by atoms with Crippen molar-refractivity contribution in [2.75, 3.05) is 45.2 Å². The van der Waals surface area contributed by atoms with Gasteiger partial charge in [0.15, 0.2) is 5.13 Å². The third-order valence-corrected chi connectivity index (χ3v) is 4.47. The highest BCUT2D eigenvalue weighted by atomic mass is 32.1. The van der Waals surface area contributed by atoms with E-state index < -0.39 is 0 Å². The average molecular weight is 307 g/mol. The van der Waals surface area contributed by atoms with Gasteiger partial charge in [0.2, 0.25) is 0 Å². The molecule has 5 nitrogen and oxygen atoms in total. The average Bonchev–Trinajstić information content (AvgIpc) is 2.88. The highest BCUT2D eigenvalue weighted by Gasteiger charge is 2.17. The highest BCUT2D eigenvalue weighted by molar-refractivity contribution is 7.22. The van der Waals surface area contributed by atoms with E-state index in [-0.39, 0.29) is 6.10 Å². The van der Waals surface area contributed by atoms with Crippen LogP contribution < -0.4 is 10.1 Å². The summed E-state index contributed by atoms with van der Waals surface area (Å²) in [5.74, 6) is 0.900. The largest absolute Gasteiger partial charge is 0.494 e. The Morgan fingerprint density at radius 2 is 2.43 bits per heavy atom. The molecule has 1 N–H and O–H groups in total. The number of nitrogens with one attached hydrogen (secondary N) is 1. The zero-order valence-electron chi connectivity index (χ0n) is 12.5. The molecular formula is C15H21N3O2S. The van der Waals surface area contributed by atoms with Gasteiger partial charge in [0, 0.05) is 19.6 Å². The molecule has 0 amide bonds. The lowest BCUT2D eigenvalue weighted by Gasteiger charge is -2.29. The van der Waals surface area contributed by atoms with Gasteiger partial charge in [-0.25, -0.2) is 4.98 Å². The van der Waals surface area contributed by atoms with E-state index in [1.165, 1.54) is 0 Å². The van der Waals surface area contributed by atoms with Crippen molar-refractivity contribution in [3.63, 3.8) is 0 Å². The number of rotatable bonds is 5. The van der Waals surface area contributed by atoms with Gasteiger partial charge in [0.1, 0.15) is 5.75 Å². The molecule has 1 unspecified atom stereocenters. The first kappa shape index (κ1) is 14.6. The smallest absolute Gasteiger partial charge is 0.183 e. The maximum atomic E-state index is 5.75. The van der Waals surface area contributed by atoms with Gasteiger partial charge in [-0.2, -0.15) is 0 Å². The summed E-state index contributed by atoms with van der Waals surface area (Å²) < 4.78 is 12.4. The van der Waals surface area contributed by atoms with E-state index in [1.54, 1.807) is 11.3 Å². The van der Waals surface area contributed by atoms with Crippen LogP contribution in [0.3, 0.4) is 0 Å². The maximum absolute atomic E-state index is 5.75. The Hall–Kier alpha value is -1.37. The highest BCUT2D eigenvalue weighted by Crippen LogP contribution is 2.29. The summed E-state index contributed by atoms with van der Waals surface area (Å²) in [6, 6.07) is 6.02. The number of nitrogens with zero attached hydrogens (tertiary/aromatic N) is 2. The second kappa shape index (κ2) is 6.60. The molecule has 1 aromatic carbocycles. The van der Waals surface area contributed by atoms with Gasteiger partial charge in [0.25, 0.3) is 0 Å². The number of aromatic nitrogens is 1. The Morgan fingerprint density at radius 3 is 3.24 bits per heavy atom. The van der Waals surface area contributed by atoms with Crippen LogP contribution in [0.15, 0.2) is 18.2 Å². The molecule has 1 saturated heterocycles. The first-order valence-electron chi connectivity index (χ1n) is 7.32. The second-order valence-corrected chi connectivity index (χ2v) is 6.25. The first-order valence-corrected chi connectivity index (χ1v) is 8.13. The zero-order chi connectivity index (χ0) is 14.7. The lowest BCUT2D eigenvalue weighted by molar-refractivity contribution is -0.0117. The lowest BCUT2D eigenvalue weighted by atomic mass is 10.3. The minimum atomic E-state index is 0.231. The predicted octanol–water partition coefficient (Wildman–Crippen LogP) is 2.44. The molecule has 0 saturated carbocycles. The van der Waals surface area contributed by atoms with Crippen LogP contribution >= 0.6 is 11.3 Å². The number of anilines is 1. The lowest BCUT2D eigenvalue weighted by Crippen LogP contribution is -2.43. The van der Waals surface area contributed by atoms with Gasteiger partial charge in [-0.15, -0.1) is 0 Å². The molecule has 2 aromatic rings. The molecule has 0 bridgehead atoms. The van der Waals surface area contributed by atoms with E-state index in [0.29, 0.717) is 6.61 Å². The minimum Gasteiger partial charge on any atom is -0.494 e. The van der Waals surface area contributed by atoms with Gasteiger partial charge < -0.3 is 19.7 Å². The summed E-state index contributed by atoms with van der Waals surface area (Å²) >= 11 is 1.66. The Bertz CT molecular complexity index is 602. The maximum Gasteiger partial charge on any atom is 0.183 e. The number of morpholine rings is 1. The molecule has 1 fully saturated rings. The fourth-order valence-corrected chi connectivity index (χ4v) is 3.33. The predicted molar refractivity (Wildman–Crippen MR) is 86.5 cm³/mol. The molecule has 1 atom stereocenters. The fraction of sp³-hybridized carbons (Fsp3) is 0.533. The molecule has 1 aliphatic rings. The van der Waals surface area contributed by atoms with Gasteiger partial charge in [-0.1, -0.05) is 11.3 Å². The normalized spacial score (nSPS) is 19.8. The van der Waals surface area contributed by atoms with Gasteiger partial charge in [0.05, 0.1) is 29.5 Å². The Balaban J connectivity index is 1.64. The van der Waals surface area contributed by atoms with Crippen molar-refractivity contribution in [2.45, 2.75) is 13.0 Å². The van der Waals surface area contributed by atoms with Crippen molar-refractivity contribution in [2.24, 2.45) is 0 Å². The molecule has 1 aliphatic heterocycles. The molecule has 0 spiro atoms. The topological polar surface area (TPSA) is 46.6 Å². The number of likely N-dealkylation sites (N-methyl/N-ethyl adjacent to an activating group) is 1. The van der Waals surface area contributed by atoms with Crippen LogP contribution in [-0.4, -0.2) is 55.9 Å². The molecule has 3 rings (SSSR count). The van der Waals surface area contributed by atoms with Crippen LogP contribution in [0.4, 0.5) is 5.13 Å². The molecule has 2 heterocycles. The van der Waals surface area contributed by atoms with E-state index >= 15 is 0 Å². The Morgan fingerprint density at radius 1 is 1.52 bits per heavy atom. The molecule has 21 heavy (non-hydrogen) atoms. The Kier molecular flexibility index (Phi) is 4.57. The molecule has 114 valence electrons. The third-order valence-electron chi connectivity index (χ3n) is 3.49. The van der Waals surface area contributed by atoms with E-state index in [1.807, 2.05) is 25.1 Å². The SMILES string of the molecule is CCOc1ccc2nc(NCC3CN(C)CCO3)sc2c1. The van der Waals surface area contributed by atoms with Crippen molar-refractivity contribution in [3.05, 3.63) is 18.2 Å². The monoisotopic (exact) mass is 307 g/mol. The third kappa shape index (κ3) is 3.64. The number of fused-ring (bicyclic) bond motifs is 1. The van der Waals surface area contributed by atoms with E-state index in [4.69, 9.17) is 9.47 Å². The van der Waals surface area contributed by atoms with Gasteiger partial charge >= 0.3 is 0 Å². The molecule has 0 aliphatic carbocycles. The van der Waals surface area contributed by atoms with Crippen LogP contribution in [-0.2, 0) is 4.74 Å².